The van der Waals surface area contributed by atoms with E-state index in [0.717, 1.165) is 24.1 Å². The van der Waals surface area contributed by atoms with Gasteiger partial charge < -0.3 is 11.1 Å². The van der Waals surface area contributed by atoms with Gasteiger partial charge in [0, 0.05) is 17.3 Å². The molecule has 0 aliphatic carbocycles. The van der Waals surface area contributed by atoms with E-state index < -0.39 is 5.91 Å². The molecule has 1 aromatic rings. The van der Waals surface area contributed by atoms with E-state index in [1.165, 1.54) is 0 Å². The number of rotatable bonds is 6. The first-order chi connectivity index (χ1) is 8.04. The maximum absolute atomic E-state index is 11.1. The normalized spacial score (nSPS) is 11.9. The van der Waals surface area contributed by atoms with E-state index in [2.05, 4.69) is 18.8 Å². The van der Waals surface area contributed by atoms with Crippen LogP contribution in [0, 0.1) is 6.92 Å². The van der Waals surface area contributed by atoms with E-state index in [1.54, 1.807) is 6.07 Å². The van der Waals surface area contributed by atoms with Crippen molar-refractivity contribution in [2.24, 2.45) is 5.73 Å². The molecule has 0 bridgehead atoms. The van der Waals surface area contributed by atoms with Crippen molar-refractivity contribution in [3.63, 3.8) is 0 Å². The summed E-state index contributed by atoms with van der Waals surface area (Å²) < 4.78 is 0. The van der Waals surface area contributed by atoms with Crippen LogP contribution in [0.25, 0.3) is 0 Å². The van der Waals surface area contributed by atoms with Crippen LogP contribution in [0.1, 0.15) is 35.7 Å². The Labute approximate surface area is 103 Å². The van der Waals surface area contributed by atoms with Gasteiger partial charge in [-0.3, -0.25) is 4.79 Å². The van der Waals surface area contributed by atoms with Gasteiger partial charge in [0.25, 0.3) is 0 Å². The van der Waals surface area contributed by atoms with Gasteiger partial charge in [-0.25, -0.2) is 0 Å². The first-order valence-electron chi connectivity index (χ1n) is 5.82. The molecular formula is C14H20N2O. The summed E-state index contributed by atoms with van der Waals surface area (Å²) in [5, 5.41) is 3.38. The highest BCUT2D eigenvalue weighted by atomic mass is 16.1. The Bertz CT molecular complexity index is 413. The average molecular weight is 232 g/mol. The van der Waals surface area contributed by atoms with Gasteiger partial charge in [-0.15, -0.1) is 6.58 Å². The van der Waals surface area contributed by atoms with Gasteiger partial charge in [-0.05, 0) is 44.4 Å². The molecule has 0 radical (unpaired) electrons. The molecule has 0 aromatic heterocycles. The van der Waals surface area contributed by atoms with Crippen molar-refractivity contribution in [2.75, 3.05) is 5.32 Å². The molecule has 92 valence electrons. The number of nitrogens with one attached hydrogen (secondary N) is 1. The van der Waals surface area contributed by atoms with Crippen LogP contribution in [-0.4, -0.2) is 11.9 Å². The highest BCUT2D eigenvalue weighted by Crippen LogP contribution is 2.18. The summed E-state index contributed by atoms with van der Waals surface area (Å²) in [5.74, 6) is -0.396. The Morgan fingerprint density at radius 1 is 1.59 bits per heavy atom. The predicted molar refractivity (Wildman–Crippen MR) is 72.2 cm³/mol. The molecule has 0 unspecified atom stereocenters. The lowest BCUT2D eigenvalue weighted by atomic mass is 10.1. The maximum atomic E-state index is 11.1. The number of allylic oxidation sites excluding steroid dienone is 1. The molecular weight excluding hydrogens is 212 g/mol. The SMILES string of the molecule is C=CCC[C@H](C)Nc1cc(C(N)=O)ccc1C. The molecule has 0 saturated carbocycles. The molecule has 3 N–H and O–H groups in total. The number of nitrogens with two attached hydrogens (primary N) is 1. The summed E-state index contributed by atoms with van der Waals surface area (Å²) in [5.41, 5.74) is 7.88. The third kappa shape index (κ3) is 3.94. The number of hydrogen-bond acceptors (Lipinski definition) is 2. The second kappa shape index (κ2) is 6.09. The van der Waals surface area contributed by atoms with Crippen molar-refractivity contribution in [3.8, 4) is 0 Å². The molecule has 3 nitrogen and oxygen atoms in total. The van der Waals surface area contributed by atoms with Crippen LogP contribution in [0.3, 0.4) is 0 Å². The smallest absolute Gasteiger partial charge is 0.248 e. The highest BCUT2D eigenvalue weighted by Gasteiger charge is 2.07. The Morgan fingerprint density at radius 2 is 2.29 bits per heavy atom. The van der Waals surface area contributed by atoms with Gasteiger partial charge in [0.1, 0.15) is 0 Å². The minimum absolute atomic E-state index is 0.342. The number of hydrogen-bond donors (Lipinski definition) is 2. The lowest BCUT2D eigenvalue weighted by Gasteiger charge is -2.17. The van der Waals surface area contributed by atoms with Gasteiger partial charge in [-0.2, -0.15) is 0 Å². The van der Waals surface area contributed by atoms with Crippen LogP contribution in [0.5, 0.6) is 0 Å². The molecule has 0 heterocycles. The number of anilines is 1. The van der Waals surface area contributed by atoms with E-state index >= 15 is 0 Å². The maximum Gasteiger partial charge on any atom is 0.248 e. The van der Waals surface area contributed by atoms with Crippen molar-refractivity contribution in [2.45, 2.75) is 32.7 Å². The molecule has 0 fully saturated rings. The summed E-state index contributed by atoms with van der Waals surface area (Å²) in [6.07, 6.45) is 3.90. The van der Waals surface area contributed by atoms with E-state index in [4.69, 9.17) is 5.73 Å². The fourth-order valence-electron chi connectivity index (χ4n) is 1.64. The highest BCUT2D eigenvalue weighted by molar-refractivity contribution is 5.94. The Morgan fingerprint density at radius 3 is 2.88 bits per heavy atom. The summed E-state index contributed by atoms with van der Waals surface area (Å²) >= 11 is 0. The van der Waals surface area contributed by atoms with Crippen LogP contribution in [0.4, 0.5) is 5.69 Å². The fourth-order valence-corrected chi connectivity index (χ4v) is 1.64. The molecule has 1 atom stereocenters. The molecule has 0 aliphatic heterocycles. The Balaban J connectivity index is 2.78. The summed E-state index contributed by atoms with van der Waals surface area (Å²) in [6, 6.07) is 5.80. The molecule has 0 saturated heterocycles. The lowest BCUT2D eigenvalue weighted by molar-refractivity contribution is 0.100. The van der Waals surface area contributed by atoms with Crippen molar-refractivity contribution in [1.29, 1.82) is 0 Å². The monoisotopic (exact) mass is 232 g/mol. The fraction of sp³-hybridized carbons (Fsp3) is 0.357. The molecule has 17 heavy (non-hydrogen) atoms. The number of primary amides is 1. The molecule has 1 aromatic carbocycles. The third-order valence-corrected chi connectivity index (χ3v) is 2.73. The standard InChI is InChI=1S/C14H20N2O/c1-4-5-6-11(3)16-13-9-12(14(15)17)8-7-10(13)2/h4,7-9,11,16H,1,5-6H2,2-3H3,(H2,15,17)/t11-/m0/s1. The summed E-state index contributed by atoms with van der Waals surface area (Å²) in [4.78, 5) is 11.1. The number of carbonyl (C=O) groups is 1. The number of benzene rings is 1. The van der Waals surface area contributed by atoms with Gasteiger partial charge in [0.05, 0.1) is 0 Å². The Hall–Kier alpha value is -1.77. The zero-order valence-corrected chi connectivity index (χ0v) is 10.5. The largest absolute Gasteiger partial charge is 0.382 e. The van der Waals surface area contributed by atoms with E-state index in [1.807, 2.05) is 25.1 Å². The van der Waals surface area contributed by atoms with Crippen molar-refractivity contribution in [1.82, 2.24) is 0 Å². The first-order valence-corrected chi connectivity index (χ1v) is 5.82. The minimum Gasteiger partial charge on any atom is -0.382 e. The van der Waals surface area contributed by atoms with Crippen LogP contribution >= 0.6 is 0 Å². The third-order valence-electron chi connectivity index (χ3n) is 2.73. The lowest BCUT2D eigenvalue weighted by Crippen LogP contribution is -2.17. The van der Waals surface area contributed by atoms with Gasteiger partial charge in [0.15, 0.2) is 0 Å². The molecule has 0 spiro atoms. The van der Waals surface area contributed by atoms with Crippen LogP contribution in [0.15, 0.2) is 30.9 Å². The van der Waals surface area contributed by atoms with Gasteiger partial charge in [-0.1, -0.05) is 12.1 Å². The topological polar surface area (TPSA) is 55.1 Å². The van der Waals surface area contributed by atoms with Gasteiger partial charge in [0.2, 0.25) is 5.91 Å². The molecule has 0 aliphatic rings. The molecule has 3 heteroatoms. The van der Waals surface area contributed by atoms with E-state index in [0.29, 0.717) is 11.6 Å². The van der Waals surface area contributed by atoms with E-state index in [9.17, 15) is 4.79 Å². The van der Waals surface area contributed by atoms with Crippen LogP contribution in [-0.2, 0) is 0 Å². The number of amides is 1. The molecule has 1 rings (SSSR count). The van der Waals surface area contributed by atoms with E-state index in [-0.39, 0.29) is 0 Å². The zero-order valence-electron chi connectivity index (χ0n) is 10.5. The second-order valence-electron chi connectivity index (χ2n) is 4.31. The average Bonchev–Trinajstić information content (AvgIpc) is 2.29. The Kier molecular flexibility index (Phi) is 4.76. The van der Waals surface area contributed by atoms with Crippen LogP contribution < -0.4 is 11.1 Å². The number of aryl methyl sites for hydroxylation is 1. The number of carbonyl (C=O) groups excluding carboxylic acids is 1. The zero-order chi connectivity index (χ0) is 12.8. The first kappa shape index (κ1) is 13.3. The predicted octanol–water partition coefficient (Wildman–Crippen LogP) is 2.86. The molecule has 1 amide bonds. The quantitative estimate of drug-likeness (QED) is 0.741. The van der Waals surface area contributed by atoms with Crippen molar-refractivity contribution >= 4 is 11.6 Å². The van der Waals surface area contributed by atoms with Gasteiger partial charge >= 0.3 is 0 Å². The van der Waals surface area contributed by atoms with Crippen LogP contribution in [0.2, 0.25) is 0 Å². The summed E-state index contributed by atoms with van der Waals surface area (Å²) in [7, 11) is 0. The minimum atomic E-state index is -0.396. The second-order valence-corrected chi connectivity index (χ2v) is 4.31. The van der Waals surface area contributed by atoms with Crippen molar-refractivity contribution < 1.29 is 4.79 Å². The van der Waals surface area contributed by atoms with Crippen molar-refractivity contribution in [3.05, 3.63) is 42.0 Å². The summed E-state index contributed by atoms with van der Waals surface area (Å²) in [6.45, 7) is 7.82.